The average molecular weight is 299 g/mol. The van der Waals surface area contributed by atoms with Gasteiger partial charge in [0, 0.05) is 17.7 Å². The van der Waals surface area contributed by atoms with Crippen LogP contribution in [0.1, 0.15) is 11.1 Å². The predicted octanol–water partition coefficient (Wildman–Crippen LogP) is 2.87. The Bertz CT molecular complexity index is 661. The van der Waals surface area contributed by atoms with Crippen LogP contribution in [-0.2, 0) is 23.1 Å². The topological polar surface area (TPSA) is 43.1 Å². The fourth-order valence-corrected chi connectivity index (χ4v) is 2.96. The third-order valence-electron chi connectivity index (χ3n) is 2.80. The minimum atomic E-state index is -1.87. The molecule has 0 amide bonds. The smallest absolute Gasteiger partial charge is 0.139 e. The molecule has 6 heteroatoms. The van der Waals surface area contributed by atoms with Gasteiger partial charge in [-0.3, -0.25) is 4.21 Å². The quantitative estimate of drug-likeness (QED) is 0.943. The second-order valence-electron chi connectivity index (χ2n) is 4.16. The van der Waals surface area contributed by atoms with Crippen molar-refractivity contribution in [2.45, 2.75) is 17.2 Å². The standard InChI is InChI=1S/C14H12F3NOS/c15-11-4-5-12(16)13(6-11)20(19)8-10-3-1-2-9(7-18)14(10)17/h1-6H,7-8,18H2. The molecule has 106 valence electrons. The fourth-order valence-electron chi connectivity index (χ4n) is 1.77. The lowest BCUT2D eigenvalue weighted by Gasteiger charge is -2.08. The van der Waals surface area contributed by atoms with Crippen molar-refractivity contribution in [2.75, 3.05) is 0 Å². The Balaban J connectivity index is 2.30. The molecule has 2 aromatic rings. The molecule has 0 saturated heterocycles. The highest BCUT2D eigenvalue weighted by Crippen LogP contribution is 2.20. The van der Waals surface area contributed by atoms with Gasteiger partial charge in [-0.1, -0.05) is 18.2 Å². The van der Waals surface area contributed by atoms with E-state index in [1.54, 1.807) is 6.07 Å². The van der Waals surface area contributed by atoms with E-state index in [9.17, 15) is 17.4 Å². The average Bonchev–Trinajstić information content (AvgIpc) is 2.43. The highest BCUT2D eigenvalue weighted by molar-refractivity contribution is 7.84. The van der Waals surface area contributed by atoms with Gasteiger partial charge >= 0.3 is 0 Å². The minimum Gasteiger partial charge on any atom is -0.326 e. The van der Waals surface area contributed by atoms with Crippen molar-refractivity contribution in [3.63, 3.8) is 0 Å². The molecule has 0 fully saturated rings. The molecule has 0 heterocycles. The highest BCUT2D eigenvalue weighted by atomic mass is 32.2. The SMILES string of the molecule is NCc1cccc(CS(=O)c2cc(F)ccc2F)c1F. The van der Waals surface area contributed by atoms with Crippen LogP contribution >= 0.6 is 0 Å². The van der Waals surface area contributed by atoms with Crippen LogP contribution in [0.4, 0.5) is 13.2 Å². The van der Waals surface area contributed by atoms with Gasteiger partial charge in [0.15, 0.2) is 0 Å². The van der Waals surface area contributed by atoms with Gasteiger partial charge in [0.1, 0.15) is 17.5 Å². The maximum Gasteiger partial charge on any atom is 0.139 e. The van der Waals surface area contributed by atoms with Gasteiger partial charge in [-0.15, -0.1) is 0 Å². The first-order valence-corrected chi connectivity index (χ1v) is 7.14. The van der Waals surface area contributed by atoms with E-state index in [-0.39, 0.29) is 22.8 Å². The molecule has 1 unspecified atom stereocenters. The van der Waals surface area contributed by atoms with Gasteiger partial charge in [-0.05, 0) is 18.2 Å². The molecular formula is C14H12F3NOS. The Morgan fingerprint density at radius 2 is 1.75 bits per heavy atom. The molecule has 0 radical (unpaired) electrons. The van der Waals surface area contributed by atoms with E-state index >= 15 is 0 Å². The summed E-state index contributed by atoms with van der Waals surface area (Å²) in [6, 6.07) is 7.24. The van der Waals surface area contributed by atoms with Crippen LogP contribution < -0.4 is 5.73 Å². The Kier molecular flexibility index (Phi) is 4.57. The van der Waals surface area contributed by atoms with E-state index in [1.807, 2.05) is 0 Å². The number of rotatable bonds is 4. The van der Waals surface area contributed by atoms with Crippen molar-refractivity contribution in [2.24, 2.45) is 5.73 Å². The van der Waals surface area contributed by atoms with Crippen molar-refractivity contribution >= 4 is 10.8 Å². The summed E-state index contributed by atoms with van der Waals surface area (Å²) in [4.78, 5) is -0.275. The second-order valence-corrected chi connectivity index (χ2v) is 5.58. The van der Waals surface area contributed by atoms with Crippen LogP contribution in [-0.4, -0.2) is 4.21 Å². The van der Waals surface area contributed by atoms with Crippen LogP contribution in [0.25, 0.3) is 0 Å². The summed E-state index contributed by atoms with van der Waals surface area (Å²) in [5, 5.41) is 0. The molecule has 0 bridgehead atoms. The van der Waals surface area contributed by atoms with Crippen LogP contribution in [0.2, 0.25) is 0 Å². The molecule has 0 aliphatic heterocycles. The third kappa shape index (κ3) is 3.08. The first-order valence-electron chi connectivity index (χ1n) is 5.82. The van der Waals surface area contributed by atoms with Gasteiger partial charge in [0.2, 0.25) is 0 Å². The molecule has 2 aromatic carbocycles. The lowest BCUT2D eigenvalue weighted by atomic mass is 10.1. The first kappa shape index (κ1) is 14.7. The fraction of sp³-hybridized carbons (Fsp3) is 0.143. The highest BCUT2D eigenvalue weighted by Gasteiger charge is 2.15. The molecular weight excluding hydrogens is 287 g/mol. The van der Waals surface area contributed by atoms with Crippen molar-refractivity contribution in [1.29, 1.82) is 0 Å². The number of hydrogen-bond donors (Lipinski definition) is 1. The number of hydrogen-bond acceptors (Lipinski definition) is 2. The summed E-state index contributed by atoms with van der Waals surface area (Å²) in [5.74, 6) is -2.26. The molecule has 1 atom stereocenters. The minimum absolute atomic E-state index is 0.0145. The van der Waals surface area contributed by atoms with Crippen molar-refractivity contribution in [3.8, 4) is 0 Å². The Morgan fingerprint density at radius 1 is 1.05 bits per heavy atom. The Labute approximate surface area is 116 Å². The molecule has 0 aromatic heterocycles. The maximum atomic E-state index is 13.9. The number of nitrogens with two attached hydrogens (primary N) is 1. The summed E-state index contributed by atoms with van der Waals surface area (Å²) in [6.45, 7) is 0.0145. The number of halogens is 3. The Hall–Kier alpha value is -1.66. The lowest BCUT2D eigenvalue weighted by Crippen LogP contribution is -2.06. The van der Waals surface area contributed by atoms with Gasteiger partial charge in [-0.25, -0.2) is 13.2 Å². The summed E-state index contributed by atoms with van der Waals surface area (Å²) in [7, 11) is -1.87. The van der Waals surface area contributed by atoms with E-state index in [2.05, 4.69) is 0 Å². The van der Waals surface area contributed by atoms with Crippen molar-refractivity contribution in [3.05, 3.63) is 65.0 Å². The zero-order valence-electron chi connectivity index (χ0n) is 10.4. The zero-order valence-corrected chi connectivity index (χ0v) is 11.2. The molecule has 0 saturated carbocycles. The van der Waals surface area contributed by atoms with Gasteiger partial charge in [0.05, 0.1) is 21.4 Å². The van der Waals surface area contributed by atoms with Crippen LogP contribution in [0.15, 0.2) is 41.3 Å². The zero-order chi connectivity index (χ0) is 14.7. The van der Waals surface area contributed by atoms with Gasteiger partial charge in [-0.2, -0.15) is 0 Å². The lowest BCUT2D eigenvalue weighted by molar-refractivity contribution is 0.571. The molecule has 20 heavy (non-hydrogen) atoms. The van der Waals surface area contributed by atoms with Gasteiger partial charge in [0.25, 0.3) is 0 Å². The molecule has 0 aliphatic carbocycles. The number of benzene rings is 2. The first-order chi connectivity index (χ1) is 9.52. The predicted molar refractivity (Wildman–Crippen MR) is 70.8 cm³/mol. The molecule has 0 aliphatic rings. The summed E-state index contributed by atoms with van der Waals surface area (Å²) < 4.78 is 52.5. The van der Waals surface area contributed by atoms with Crippen molar-refractivity contribution in [1.82, 2.24) is 0 Å². The summed E-state index contributed by atoms with van der Waals surface area (Å²) >= 11 is 0. The van der Waals surface area contributed by atoms with E-state index in [1.165, 1.54) is 12.1 Å². The van der Waals surface area contributed by atoms with Crippen molar-refractivity contribution < 1.29 is 17.4 Å². The largest absolute Gasteiger partial charge is 0.326 e. The Morgan fingerprint density at radius 3 is 2.45 bits per heavy atom. The van der Waals surface area contributed by atoms with E-state index in [4.69, 9.17) is 5.73 Å². The van der Waals surface area contributed by atoms with Gasteiger partial charge < -0.3 is 5.73 Å². The molecule has 0 spiro atoms. The van der Waals surface area contributed by atoms with E-state index < -0.39 is 28.3 Å². The summed E-state index contributed by atoms with van der Waals surface area (Å²) in [5.41, 5.74) is 5.83. The van der Waals surface area contributed by atoms with E-state index in [0.717, 1.165) is 18.2 Å². The van der Waals surface area contributed by atoms with Crippen LogP contribution in [0.5, 0.6) is 0 Å². The second kappa shape index (κ2) is 6.19. The monoisotopic (exact) mass is 299 g/mol. The normalized spacial score (nSPS) is 12.4. The molecule has 2 nitrogen and oxygen atoms in total. The van der Waals surface area contributed by atoms with Crippen LogP contribution in [0.3, 0.4) is 0 Å². The van der Waals surface area contributed by atoms with Crippen LogP contribution in [0, 0.1) is 17.5 Å². The molecule has 2 rings (SSSR count). The third-order valence-corrected chi connectivity index (χ3v) is 4.18. The van der Waals surface area contributed by atoms with E-state index in [0.29, 0.717) is 5.56 Å². The summed E-state index contributed by atoms with van der Waals surface area (Å²) in [6.07, 6.45) is 0. The maximum absolute atomic E-state index is 13.9. The molecule has 2 N–H and O–H groups in total.